The number of nitrogens with zero attached hydrogens (tertiary/aromatic N) is 1. The van der Waals surface area contributed by atoms with E-state index in [0.29, 0.717) is 18.0 Å². The Kier molecular flexibility index (Phi) is 6.17. The summed E-state index contributed by atoms with van der Waals surface area (Å²) in [7, 11) is 1.58. The first-order chi connectivity index (χ1) is 11.9. The minimum absolute atomic E-state index is 0.117. The Morgan fingerprint density at radius 3 is 2.32 bits per heavy atom. The number of anilines is 2. The van der Waals surface area contributed by atoms with E-state index >= 15 is 0 Å². The van der Waals surface area contributed by atoms with Crippen LogP contribution in [0.25, 0.3) is 0 Å². The van der Waals surface area contributed by atoms with Crippen LogP contribution in [-0.2, 0) is 9.59 Å². The van der Waals surface area contributed by atoms with Gasteiger partial charge in [0.1, 0.15) is 5.75 Å². The van der Waals surface area contributed by atoms with Gasteiger partial charge in [-0.15, -0.1) is 0 Å². The molecule has 0 saturated heterocycles. The second-order valence-electron chi connectivity index (χ2n) is 5.94. The lowest BCUT2D eigenvalue weighted by atomic mass is 10.1. The number of carbonyl (C=O) groups is 2. The predicted octanol–water partition coefficient (Wildman–Crippen LogP) is 3.69. The zero-order chi connectivity index (χ0) is 18.4. The molecule has 2 aromatic carbocycles. The SMILES string of the molecule is COc1cccc(N(CCC(=O)Nc2c(C)cccc2C)C(C)=O)c1. The Hall–Kier alpha value is -2.82. The smallest absolute Gasteiger partial charge is 0.226 e. The van der Waals surface area contributed by atoms with E-state index < -0.39 is 0 Å². The molecule has 25 heavy (non-hydrogen) atoms. The number of methoxy groups -OCH3 is 1. The van der Waals surface area contributed by atoms with Gasteiger partial charge in [-0.1, -0.05) is 24.3 Å². The summed E-state index contributed by atoms with van der Waals surface area (Å²) in [6, 6.07) is 13.1. The molecule has 2 amide bonds. The van der Waals surface area contributed by atoms with Crippen LogP contribution in [0.1, 0.15) is 24.5 Å². The van der Waals surface area contributed by atoms with Crippen LogP contribution in [-0.4, -0.2) is 25.5 Å². The van der Waals surface area contributed by atoms with E-state index in [0.717, 1.165) is 16.8 Å². The zero-order valence-corrected chi connectivity index (χ0v) is 15.1. The van der Waals surface area contributed by atoms with Gasteiger partial charge >= 0.3 is 0 Å². The molecule has 1 N–H and O–H groups in total. The van der Waals surface area contributed by atoms with Gasteiger partial charge in [0.2, 0.25) is 11.8 Å². The lowest BCUT2D eigenvalue weighted by Crippen LogP contribution is -2.32. The van der Waals surface area contributed by atoms with Crippen molar-refractivity contribution in [3.05, 3.63) is 53.6 Å². The van der Waals surface area contributed by atoms with Gasteiger partial charge in [0.25, 0.3) is 0 Å². The number of carbonyl (C=O) groups excluding carboxylic acids is 2. The number of rotatable bonds is 6. The molecule has 0 bridgehead atoms. The van der Waals surface area contributed by atoms with Crippen LogP contribution in [0.3, 0.4) is 0 Å². The molecule has 2 aromatic rings. The van der Waals surface area contributed by atoms with Gasteiger partial charge in [-0.25, -0.2) is 0 Å². The summed E-state index contributed by atoms with van der Waals surface area (Å²) < 4.78 is 5.20. The van der Waals surface area contributed by atoms with E-state index in [1.807, 2.05) is 50.2 Å². The minimum atomic E-state index is -0.119. The van der Waals surface area contributed by atoms with Crippen molar-refractivity contribution in [3.8, 4) is 5.75 Å². The number of hydrogen-bond donors (Lipinski definition) is 1. The van der Waals surface area contributed by atoms with Crippen molar-refractivity contribution >= 4 is 23.2 Å². The van der Waals surface area contributed by atoms with Crippen LogP contribution in [0, 0.1) is 13.8 Å². The van der Waals surface area contributed by atoms with Crippen molar-refractivity contribution in [2.45, 2.75) is 27.2 Å². The molecular formula is C20H24N2O3. The summed E-state index contributed by atoms with van der Waals surface area (Å²) in [5.41, 5.74) is 3.59. The van der Waals surface area contributed by atoms with Crippen LogP contribution in [0.5, 0.6) is 5.75 Å². The van der Waals surface area contributed by atoms with Crippen molar-refractivity contribution in [3.63, 3.8) is 0 Å². The van der Waals surface area contributed by atoms with Gasteiger partial charge in [-0.2, -0.15) is 0 Å². The highest BCUT2D eigenvalue weighted by Crippen LogP contribution is 2.22. The molecule has 0 aromatic heterocycles. The Labute approximate surface area is 148 Å². The fourth-order valence-corrected chi connectivity index (χ4v) is 2.67. The number of hydrogen-bond acceptors (Lipinski definition) is 3. The van der Waals surface area contributed by atoms with Gasteiger partial charge < -0.3 is 15.0 Å². The van der Waals surface area contributed by atoms with Gasteiger partial charge in [-0.3, -0.25) is 9.59 Å². The van der Waals surface area contributed by atoms with E-state index in [-0.39, 0.29) is 18.2 Å². The molecule has 0 unspecified atom stereocenters. The third-order valence-corrected chi connectivity index (χ3v) is 4.05. The maximum atomic E-state index is 12.3. The summed E-state index contributed by atoms with van der Waals surface area (Å²) in [6.07, 6.45) is 0.213. The third-order valence-electron chi connectivity index (χ3n) is 4.05. The number of para-hydroxylation sites is 1. The molecule has 0 aliphatic rings. The highest BCUT2D eigenvalue weighted by atomic mass is 16.5. The standard InChI is InChI=1S/C20H24N2O3/c1-14-7-5-8-15(2)20(14)21-19(24)11-12-22(16(3)23)17-9-6-10-18(13-17)25-4/h5-10,13H,11-12H2,1-4H3,(H,21,24). The van der Waals surface area contributed by atoms with Crippen LogP contribution in [0.15, 0.2) is 42.5 Å². The molecule has 0 atom stereocenters. The van der Waals surface area contributed by atoms with Gasteiger partial charge in [-0.05, 0) is 37.1 Å². The molecule has 0 fully saturated rings. The molecule has 2 rings (SSSR count). The van der Waals surface area contributed by atoms with Crippen LogP contribution >= 0.6 is 0 Å². The number of aryl methyl sites for hydroxylation is 2. The summed E-state index contributed by atoms with van der Waals surface area (Å²) in [6.45, 7) is 5.71. The fourth-order valence-electron chi connectivity index (χ4n) is 2.67. The average Bonchev–Trinajstić information content (AvgIpc) is 2.58. The van der Waals surface area contributed by atoms with Gasteiger partial charge in [0.15, 0.2) is 0 Å². The van der Waals surface area contributed by atoms with Crippen LogP contribution in [0.4, 0.5) is 11.4 Å². The molecule has 0 heterocycles. The van der Waals surface area contributed by atoms with E-state index in [1.165, 1.54) is 6.92 Å². The van der Waals surface area contributed by atoms with E-state index in [9.17, 15) is 9.59 Å². The number of nitrogens with one attached hydrogen (secondary N) is 1. The molecule has 0 aliphatic carbocycles. The first kappa shape index (κ1) is 18.5. The first-order valence-electron chi connectivity index (χ1n) is 8.20. The van der Waals surface area contributed by atoms with Crippen molar-refractivity contribution in [1.82, 2.24) is 0 Å². The van der Waals surface area contributed by atoms with E-state index in [4.69, 9.17) is 4.74 Å². The summed E-state index contributed by atoms with van der Waals surface area (Å²) in [5.74, 6) is 0.434. The lowest BCUT2D eigenvalue weighted by molar-refractivity contribution is -0.117. The van der Waals surface area contributed by atoms with E-state index in [1.54, 1.807) is 18.1 Å². The zero-order valence-electron chi connectivity index (χ0n) is 15.1. The second kappa shape index (κ2) is 8.33. The first-order valence-corrected chi connectivity index (χ1v) is 8.20. The molecule has 0 radical (unpaired) electrons. The number of ether oxygens (including phenoxy) is 1. The van der Waals surface area contributed by atoms with Gasteiger partial charge in [0.05, 0.1) is 7.11 Å². The Bertz CT molecular complexity index is 751. The quantitative estimate of drug-likeness (QED) is 0.872. The van der Waals surface area contributed by atoms with Crippen molar-refractivity contribution in [2.24, 2.45) is 0 Å². The number of benzene rings is 2. The summed E-state index contributed by atoms with van der Waals surface area (Å²) >= 11 is 0. The molecule has 132 valence electrons. The van der Waals surface area contributed by atoms with Gasteiger partial charge in [0, 0.05) is 37.3 Å². The van der Waals surface area contributed by atoms with Crippen LogP contribution < -0.4 is 15.0 Å². The molecule has 0 saturated carbocycles. The van der Waals surface area contributed by atoms with Crippen molar-refractivity contribution in [1.29, 1.82) is 0 Å². The lowest BCUT2D eigenvalue weighted by Gasteiger charge is -2.21. The predicted molar refractivity (Wildman–Crippen MR) is 100 cm³/mol. The van der Waals surface area contributed by atoms with Crippen molar-refractivity contribution in [2.75, 3.05) is 23.9 Å². The minimum Gasteiger partial charge on any atom is -0.497 e. The highest BCUT2D eigenvalue weighted by molar-refractivity contribution is 5.95. The normalized spacial score (nSPS) is 10.2. The maximum absolute atomic E-state index is 12.3. The summed E-state index contributed by atoms with van der Waals surface area (Å²) in [4.78, 5) is 25.9. The molecule has 5 nitrogen and oxygen atoms in total. The Morgan fingerprint density at radius 2 is 1.72 bits per heavy atom. The maximum Gasteiger partial charge on any atom is 0.226 e. The van der Waals surface area contributed by atoms with Crippen molar-refractivity contribution < 1.29 is 14.3 Å². The molecular weight excluding hydrogens is 316 g/mol. The molecule has 5 heteroatoms. The topological polar surface area (TPSA) is 58.6 Å². The Morgan fingerprint density at radius 1 is 1.08 bits per heavy atom. The van der Waals surface area contributed by atoms with E-state index in [2.05, 4.69) is 5.32 Å². The molecule has 0 spiro atoms. The summed E-state index contributed by atoms with van der Waals surface area (Å²) in [5, 5.41) is 2.95. The van der Waals surface area contributed by atoms with Crippen LogP contribution in [0.2, 0.25) is 0 Å². The third kappa shape index (κ3) is 4.83. The monoisotopic (exact) mass is 340 g/mol. The molecule has 0 aliphatic heterocycles. The average molecular weight is 340 g/mol. The largest absolute Gasteiger partial charge is 0.497 e. The Balaban J connectivity index is 2.06. The number of amides is 2. The fraction of sp³-hybridized carbons (Fsp3) is 0.300. The highest BCUT2D eigenvalue weighted by Gasteiger charge is 2.15. The second-order valence-corrected chi connectivity index (χ2v) is 5.94.